The van der Waals surface area contributed by atoms with Gasteiger partial charge in [0.25, 0.3) is 0 Å². The van der Waals surface area contributed by atoms with Gasteiger partial charge in [-0.25, -0.2) is 9.79 Å². The van der Waals surface area contributed by atoms with Crippen molar-refractivity contribution in [3.05, 3.63) is 60.2 Å². The molecular weight excluding hydrogens is 560 g/mol. The third-order valence-corrected chi connectivity index (χ3v) is 6.41. The molecule has 146 valence electrons. The number of ether oxygens (including phenoxy) is 3. The molecule has 0 fully saturated rings. The van der Waals surface area contributed by atoms with Gasteiger partial charge in [-0.2, -0.15) is 0 Å². The normalized spacial score (nSPS) is 14.8. The number of rotatable bonds is 6. The predicted octanol–water partition coefficient (Wildman–Crippen LogP) is 5.85. The van der Waals surface area contributed by atoms with E-state index in [1.165, 1.54) is 7.11 Å². The van der Waals surface area contributed by atoms with Gasteiger partial charge < -0.3 is 14.2 Å². The molecule has 0 radical (unpaired) electrons. The molecule has 1 heterocycles. The minimum atomic E-state index is -0.522. The summed E-state index contributed by atoms with van der Waals surface area (Å²) in [5, 5.41) is 0.400. The van der Waals surface area contributed by atoms with Crippen LogP contribution in [-0.4, -0.2) is 25.6 Å². The van der Waals surface area contributed by atoms with Crippen LogP contribution in [0.5, 0.6) is 11.5 Å². The monoisotopic (exact) mass is 575 g/mol. The summed E-state index contributed by atoms with van der Waals surface area (Å²) in [7, 11) is 1.54. The third kappa shape index (κ3) is 4.69. The topological polar surface area (TPSA) is 57.1 Å². The number of carbonyl (C=O) groups is 1. The highest BCUT2D eigenvalue weighted by atomic mass is 127. The summed E-state index contributed by atoms with van der Waals surface area (Å²) < 4.78 is 18.3. The molecule has 0 aromatic heterocycles. The molecule has 8 heteroatoms. The van der Waals surface area contributed by atoms with Crippen LogP contribution in [0.25, 0.3) is 6.08 Å². The lowest BCUT2D eigenvalue weighted by Crippen LogP contribution is -2.05. The Hall–Kier alpha value is -1.58. The number of carbonyl (C=O) groups excluding carboxylic acids is 1. The molecule has 2 aromatic carbocycles. The highest BCUT2D eigenvalue weighted by Gasteiger charge is 2.25. The number of cyclic esters (lactones) is 1. The second-order valence-electron chi connectivity index (χ2n) is 5.85. The first-order valence-electron chi connectivity index (χ1n) is 8.41. The third-order valence-electron chi connectivity index (χ3n) is 3.79. The van der Waals surface area contributed by atoms with Crippen LogP contribution in [-0.2, 0) is 9.53 Å². The fourth-order valence-electron chi connectivity index (χ4n) is 2.49. The van der Waals surface area contributed by atoms with E-state index in [2.05, 4.69) is 43.5 Å². The summed E-state index contributed by atoms with van der Waals surface area (Å²) in [5.74, 6) is 0.709. The zero-order chi connectivity index (χ0) is 20.3. The summed E-state index contributed by atoms with van der Waals surface area (Å²) in [6.07, 6.45) is 2.46. The van der Waals surface area contributed by atoms with Crippen LogP contribution in [0.3, 0.4) is 0 Å². The summed E-state index contributed by atoms with van der Waals surface area (Å²) >= 11 is 12.0. The molecule has 3 rings (SSSR count). The summed E-state index contributed by atoms with van der Waals surface area (Å²) in [6, 6.07) is 9.06. The minimum absolute atomic E-state index is 0.185. The van der Waals surface area contributed by atoms with Crippen molar-refractivity contribution in [3.8, 4) is 11.5 Å². The SMILES string of the molecule is CCCOc1c(Cl)cc(/C=C2\N=C(c3ccc(I)c(Br)c3)OC2=O)cc1OC. The van der Waals surface area contributed by atoms with Crippen LogP contribution in [0.1, 0.15) is 24.5 Å². The van der Waals surface area contributed by atoms with Crippen molar-refractivity contribution < 1.29 is 19.0 Å². The van der Waals surface area contributed by atoms with Gasteiger partial charge in [0.15, 0.2) is 17.2 Å². The van der Waals surface area contributed by atoms with E-state index >= 15 is 0 Å². The fourth-order valence-corrected chi connectivity index (χ4v) is 3.47. The lowest BCUT2D eigenvalue weighted by molar-refractivity contribution is -0.129. The van der Waals surface area contributed by atoms with E-state index in [4.69, 9.17) is 25.8 Å². The maximum atomic E-state index is 12.3. The van der Waals surface area contributed by atoms with Gasteiger partial charge in [-0.15, -0.1) is 0 Å². The number of methoxy groups -OCH3 is 1. The molecule has 0 saturated carbocycles. The number of aliphatic imine (C=N–C) groups is 1. The highest BCUT2D eigenvalue weighted by molar-refractivity contribution is 14.1. The van der Waals surface area contributed by atoms with Gasteiger partial charge >= 0.3 is 5.97 Å². The van der Waals surface area contributed by atoms with Gasteiger partial charge in [-0.3, -0.25) is 0 Å². The lowest BCUT2D eigenvalue weighted by Gasteiger charge is -2.12. The first kappa shape index (κ1) is 21.1. The Morgan fingerprint density at radius 2 is 2.11 bits per heavy atom. The molecular formula is C20H16BrClINO4. The van der Waals surface area contributed by atoms with Crippen molar-refractivity contribution in [2.24, 2.45) is 4.99 Å². The Labute approximate surface area is 190 Å². The van der Waals surface area contributed by atoms with Crippen molar-refractivity contribution in [2.75, 3.05) is 13.7 Å². The summed E-state index contributed by atoms with van der Waals surface area (Å²) in [6.45, 7) is 2.54. The van der Waals surface area contributed by atoms with E-state index in [1.807, 2.05) is 25.1 Å². The highest BCUT2D eigenvalue weighted by Crippen LogP contribution is 2.37. The number of hydrogen-bond acceptors (Lipinski definition) is 5. The molecule has 1 aliphatic heterocycles. The summed E-state index contributed by atoms with van der Waals surface area (Å²) in [4.78, 5) is 16.6. The Kier molecular flexibility index (Phi) is 7.00. The van der Waals surface area contributed by atoms with E-state index in [0.717, 1.165) is 14.5 Å². The van der Waals surface area contributed by atoms with Gasteiger partial charge in [-0.05, 0) is 86.9 Å². The molecule has 0 aliphatic carbocycles. The van der Waals surface area contributed by atoms with Crippen LogP contribution in [0.4, 0.5) is 0 Å². The van der Waals surface area contributed by atoms with Crippen molar-refractivity contribution in [1.29, 1.82) is 0 Å². The number of benzene rings is 2. The zero-order valence-electron chi connectivity index (χ0n) is 15.1. The second-order valence-corrected chi connectivity index (χ2v) is 8.27. The molecule has 1 aliphatic rings. The Morgan fingerprint density at radius 1 is 1.32 bits per heavy atom. The predicted molar refractivity (Wildman–Crippen MR) is 121 cm³/mol. The van der Waals surface area contributed by atoms with Crippen LogP contribution in [0, 0.1) is 3.57 Å². The van der Waals surface area contributed by atoms with Crippen LogP contribution < -0.4 is 9.47 Å². The minimum Gasteiger partial charge on any atom is -0.493 e. The molecule has 0 atom stereocenters. The van der Waals surface area contributed by atoms with Crippen molar-refractivity contribution in [1.82, 2.24) is 0 Å². The van der Waals surface area contributed by atoms with Crippen LogP contribution >= 0.6 is 50.1 Å². The van der Waals surface area contributed by atoms with Gasteiger partial charge in [0.1, 0.15) is 0 Å². The average Bonchev–Trinajstić information content (AvgIpc) is 3.03. The molecule has 0 saturated heterocycles. The van der Waals surface area contributed by atoms with Crippen LogP contribution in [0.2, 0.25) is 5.02 Å². The Balaban J connectivity index is 1.94. The molecule has 0 spiro atoms. The van der Waals surface area contributed by atoms with Crippen molar-refractivity contribution in [2.45, 2.75) is 13.3 Å². The van der Waals surface area contributed by atoms with Crippen LogP contribution in [0.15, 0.2) is 45.5 Å². The van der Waals surface area contributed by atoms with E-state index in [1.54, 1.807) is 18.2 Å². The number of nitrogens with zero attached hydrogens (tertiary/aromatic N) is 1. The standard InChI is InChI=1S/C20H16BrClINO4/c1-3-6-27-18-14(22)7-11(9-17(18)26-2)8-16-20(25)28-19(24-16)12-4-5-15(23)13(21)10-12/h4-5,7-10H,3,6H2,1-2H3/b16-8-. The Morgan fingerprint density at radius 3 is 2.79 bits per heavy atom. The molecule has 0 bridgehead atoms. The Bertz CT molecular complexity index is 990. The lowest BCUT2D eigenvalue weighted by atomic mass is 10.1. The first-order chi connectivity index (χ1) is 13.4. The number of esters is 1. The molecule has 28 heavy (non-hydrogen) atoms. The maximum absolute atomic E-state index is 12.3. The summed E-state index contributed by atoms with van der Waals surface area (Å²) in [5.41, 5.74) is 1.56. The molecule has 5 nitrogen and oxygen atoms in total. The number of halogens is 3. The first-order valence-corrected chi connectivity index (χ1v) is 10.7. The largest absolute Gasteiger partial charge is 0.493 e. The molecule has 0 amide bonds. The average molecular weight is 577 g/mol. The van der Waals surface area contributed by atoms with E-state index in [0.29, 0.717) is 34.3 Å². The number of hydrogen-bond donors (Lipinski definition) is 0. The van der Waals surface area contributed by atoms with Gasteiger partial charge in [0.05, 0.1) is 18.7 Å². The van der Waals surface area contributed by atoms with Crippen molar-refractivity contribution in [3.63, 3.8) is 0 Å². The second kappa shape index (κ2) is 9.28. The fraction of sp³-hybridized carbons (Fsp3) is 0.200. The van der Waals surface area contributed by atoms with Gasteiger partial charge in [-0.1, -0.05) is 18.5 Å². The molecule has 0 N–H and O–H groups in total. The van der Waals surface area contributed by atoms with Gasteiger partial charge in [0.2, 0.25) is 5.90 Å². The smallest absolute Gasteiger partial charge is 0.363 e. The maximum Gasteiger partial charge on any atom is 0.363 e. The van der Waals surface area contributed by atoms with E-state index < -0.39 is 5.97 Å². The quantitative estimate of drug-likeness (QED) is 0.246. The molecule has 0 unspecified atom stereocenters. The zero-order valence-corrected chi connectivity index (χ0v) is 19.6. The molecule has 2 aromatic rings. The van der Waals surface area contributed by atoms with E-state index in [9.17, 15) is 4.79 Å². The van der Waals surface area contributed by atoms with Crippen molar-refractivity contribution >= 4 is 68.1 Å². The van der Waals surface area contributed by atoms with E-state index in [-0.39, 0.29) is 11.6 Å². The van der Waals surface area contributed by atoms with Gasteiger partial charge in [0, 0.05) is 13.6 Å².